The Balaban J connectivity index is 2.37. The highest BCUT2D eigenvalue weighted by atomic mass is 16.2. The Kier molecular flexibility index (Phi) is 3.01. The SMILES string of the molecule is C#CCN(C)C(=O)c1cnc2ccccc2n1. The Bertz CT molecular complexity index is 601. The first-order valence-corrected chi connectivity index (χ1v) is 5.13. The van der Waals surface area contributed by atoms with Crippen molar-refractivity contribution in [2.24, 2.45) is 0 Å². The van der Waals surface area contributed by atoms with Gasteiger partial charge in [-0.05, 0) is 12.1 Å². The molecular weight excluding hydrogens is 214 g/mol. The van der Waals surface area contributed by atoms with Crippen LogP contribution in [-0.4, -0.2) is 34.4 Å². The molecule has 0 bridgehead atoms. The Morgan fingerprint density at radius 1 is 1.41 bits per heavy atom. The highest BCUT2D eigenvalue weighted by Crippen LogP contribution is 2.09. The van der Waals surface area contributed by atoms with Crippen molar-refractivity contribution in [1.29, 1.82) is 0 Å². The van der Waals surface area contributed by atoms with E-state index in [1.54, 1.807) is 7.05 Å². The van der Waals surface area contributed by atoms with Gasteiger partial charge in [-0.25, -0.2) is 4.98 Å². The Hall–Kier alpha value is -2.41. The van der Waals surface area contributed by atoms with E-state index >= 15 is 0 Å². The van der Waals surface area contributed by atoms with Gasteiger partial charge in [0.15, 0.2) is 0 Å². The van der Waals surface area contributed by atoms with Gasteiger partial charge in [0.2, 0.25) is 0 Å². The molecule has 0 saturated heterocycles. The highest BCUT2D eigenvalue weighted by molar-refractivity contribution is 5.93. The van der Waals surface area contributed by atoms with Crippen molar-refractivity contribution in [3.63, 3.8) is 0 Å². The molecule has 1 aromatic carbocycles. The van der Waals surface area contributed by atoms with Crippen molar-refractivity contribution >= 4 is 16.9 Å². The number of rotatable bonds is 2. The molecule has 84 valence electrons. The first-order chi connectivity index (χ1) is 8.22. The van der Waals surface area contributed by atoms with Crippen LogP contribution in [0.15, 0.2) is 30.5 Å². The van der Waals surface area contributed by atoms with Crippen molar-refractivity contribution in [3.8, 4) is 12.3 Å². The van der Waals surface area contributed by atoms with Crippen LogP contribution in [-0.2, 0) is 0 Å². The van der Waals surface area contributed by atoms with E-state index in [0.29, 0.717) is 11.2 Å². The topological polar surface area (TPSA) is 46.1 Å². The molecular formula is C13H11N3O. The van der Waals surface area contributed by atoms with Gasteiger partial charge < -0.3 is 4.90 Å². The van der Waals surface area contributed by atoms with E-state index in [0.717, 1.165) is 5.52 Å². The van der Waals surface area contributed by atoms with Crippen LogP contribution < -0.4 is 0 Å². The lowest BCUT2D eigenvalue weighted by Crippen LogP contribution is -2.27. The fourth-order valence-electron chi connectivity index (χ4n) is 1.46. The lowest BCUT2D eigenvalue weighted by molar-refractivity contribution is 0.0807. The predicted octanol–water partition coefficient (Wildman–Crippen LogP) is 1.33. The quantitative estimate of drug-likeness (QED) is 0.724. The molecule has 0 atom stereocenters. The summed E-state index contributed by atoms with van der Waals surface area (Å²) in [7, 11) is 1.64. The molecule has 0 unspecified atom stereocenters. The fraction of sp³-hybridized carbons (Fsp3) is 0.154. The van der Waals surface area contributed by atoms with E-state index in [9.17, 15) is 4.79 Å². The summed E-state index contributed by atoms with van der Waals surface area (Å²) in [5, 5.41) is 0. The molecule has 2 aromatic rings. The predicted molar refractivity (Wildman–Crippen MR) is 65.3 cm³/mol. The Labute approximate surface area is 99.3 Å². The molecule has 1 amide bonds. The number of amides is 1. The number of hydrogen-bond acceptors (Lipinski definition) is 3. The van der Waals surface area contributed by atoms with Crippen LogP contribution in [0.4, 0.5) is 0 Å². The zero-order chi connectivity index (χ0) is 12.3. The molecule has 0 spiro atoms. The molecule has 0 fully saturated rings. The number of terminal acetylenes is 1. The average Bonchev–Trinajstić information content (AvgIpc) is 2.37. The van der Waals surface area contributed by atoms with Crippen molar-refractivity contribution in [1.82, 2.24) is 14.9 Å². The molecule has 2 rings (SSSR count). The highest BCUT2D eigenvalue weighted by Gasteiger charge is 2.13. The number of hydrogen-bond donors (Lipinski definition) is 0. The molecule has 0 aliphatic rings. The number of fused-ring (bicyclic) bond motifs is 1. The van der Waals surface area contributed by atoms with Crippen molar-refractivity contribution < 1.29 is 4.79 Å². The van der Waals surface area contributed by atoms with Crippen LogP contribution in [0, 0.1) is 12.3 Å². The van der Waals surface area contributed by atoms with Gasteiger partial charge in [-0.2, -0.15) is 0 Å². The fourth-order valence-corrected chi connectivity index (χ4v) is 1.46. The minimum atomic E-state index is -0.221. The van der Waals surface area contributed by atoms with Crippen LogP contribution >= 0.6 is 0 Å². The molecule has 17 heavy (non-hydrogen) atoms. The third-order valence-electron chi connectivity index (χ3n) is 2.34. The normalized spacial score (nSPS) is 9.88. The van der Waals surface area contributed by atoms with E-state index in [-0.39, 0.29) is 12.5 Å². The smallest absolute Gasteiger partial charge is 0.274 e. The van der Waals surface area contributed by atoms with Gasteiger partial charge in [0.25, 0.3) is 5.91 Å². The first-order valence-electron chi connectivity index (χ1n) is 5.13. The van der Waals surface area contributed by atoms with Gasteiger partial charge >= 0.3 is 0 Å². The zero-order valence-electron chi connectivity index (χ0n) is 9.42. The summed E-state index contributed by atoms with van der Waals surface area (Å²) in [5.41, 5.74) is 1.78. The third kappa shape index (κ3) is 2.23. The summed E-state index contributed by atoms with van der Waals surface area (Å²) in [6, 6.07) is 7.40. The Morgan fingerprint density at radius 2 is 2.12 bits per heavy atom. The van der Waals surface area contributed by atoms with Gasteiger partial charge in [-0.1, -0.05) is 18.1 Å². The van der Waals surface area contributed by atoms with E-state index in [4.69, 9.17) is 6.42 Å². The molecule has 0 N–H and O–H groups in total. The lowest BCUT2D eigenvalue weighted by atomic mass is 10.3. The summed E-state index contributed by atoms with van der Waals surface area (Å²) in [4.78, 5) is 21.8. The van der Waals surface area contributed by atoms with E-state index < -0.39 is 0 Å². The van der Waals surface area contributed by atoms with E-state index in [1.165, 1.54) is 11.1 Å². The Morgan fingerprint density at radius 3 is 2.82 bits per heavy atom. The summed E-state index contributed by atoms with van der Waals surface area (Å²) in [5.74, 6) is 2.19. The standard InChI is InChI=1S/C13H11N3O/c1-3-8-16(2)13(17)12-9-14-10-6-4-5-7-11(10)15-12/h1,4-7,9H,8H2,2H3. The molecule has 0 radical (unpaired) electrons. The van der Waals surface area contributed by atoms with Crippen LogP contribution in [0.3, 0.4) is 0 Å². The van der Waals surface area contributed by atoms with Gasteiger partial charge in [0, 0.05) is 7.05 Å². The minimum absolute atomic E-state index is 0.221. The largest absolute Gasteiger partial charge is 0.329 e. The molecule has 4 nitrogen and oxygen atoms in total. The van der Waals surface area contributed by atoms with Gasteiger partial charge in [0.1, 0.15) is 5.69 Å². The number of nitrogens with zero attached hydrogens (tertiary/aromatic N) is 3. The van der Waals surface area contributed by atoms with Gasteiger partial charge in [0.05, 0.1) is 23.8 Å². The zero-order valence-corrected chi connectivity index (χ0v) is 9.42. The minimum Gasteiger partial charge on any atom is -0.329 e. The molecule has 1 heterocycles. The summed E-state index contributed by atoms with van der Waals surface area (Å²) >= 11 is 0. The van der Waals surface area contributed by atoms with Crippen LogP contribution in [0.5, 0.6) is 0 Å². The number of para-hydroxylation sites is 2. The average molecular weight is 225 g/mol. The van der Waals surface area contributed by atoms with Gasteiger partial charge in [-0.3, -0.25) is 9.78 Å². The van der Waals surface area contributed by atoms with Crippen molar-refractivity contribution in [2.45, 2.75) is 0 Å². The number of carbonyl (C=O) groups is 1. The second-order valence-corrected chi connectivity index (χ2v) is 3.61. The van der Waals surface area contributed by atoms with Crippen LogP contribution in [0.1, 0.15) is 10.5 Å². The van der Waals surface area contributed by atoms with Crippen LogP contribution in [0.2, 0.25) is 0 Å². The summed E-state index contributed by atoms with van der Waals surface area (Å²) < 4.78 is 0. The number of aromatic nitrogens is 2. The maximum atomic E-state index is 11.9. The first kappa shape index (κ1) is 11.1. The molecule has 4 heteroatoms. The third-order valence-corrected chi connectivity index (χ3v) is 2.34. The molecule has 1 aromatic heterocycles. The van der Waals surface area contributed by atoms with Crippen molar-refractivity contribution in [2.75, 3.05) is 13.6 Å². The monoisotopic (exact) mass is 225 g/mol. The summed E-state index contributed by atoms with van der Waals surface area (Å²) in [6.45, 7) is 0.257. The van der Waals surface area contributed by atoms with Crippen molar-refractivity contribution in [3.05, 3.63) is 36.2 Å². The number of carbonyl (C=O) groups excluding carboxylic acids is 1. The molecule has 0 saturated carbocycles. The van der Waals surface area contributed by atoms with E-state index in [2.05, 4.69) is 15.9 Å². The maximum absolute atomic E-state index is 11.9. The second kappa shape index (κ2) is 4.62. The van der Waals surface area contributed by atoms with Crippen LogP contribution in [0.25, 0.3) is 11.0 Å². The molecule has 0 aliphatic carbocycles. The number of benzene rings is 1. The molecule has 0 aliphatic heterocycles. The second-order valence-electron chi connectivity index (χ2n) is 3.61. The van der Waals surface area contributed by atoms with Gasteiger partial charge in [-0.15, -0.1) is 6.42 Å². The van der Waals surface area contributed by atoms with E-state index in [1.807, 2.05) is 24.3 Å². The maximum Gasteiger partial charge on any atom is 0.274 e. The lowest BCUT2D eigenvalue weighted by Gasteiger charge is -2.12. The summed E-state index contributed by atoms with van der Waals surface area (Å²) in [6.07, 6.45) is 6.63.